The second-order valence-corrected chi connectivity index (χ2v) is 13.7. The van der Waals surface area contributed by atoms with E-state index in [4.69, 9.17) is 0 Å². The predicted octanol–water partition coefficient (Wildman–Crippen LogP) is 5.94. The van der Waals surface area contributed by atoms with Crippen molar-refractivity contribution in [1.29, 1.82) is 0 Å². The van der Waals surface area contributed by atoms with Gasteiger partial charge in [-0.2, -0.15) is 0 Å². The van der Waals surface area contributed by atoms with Gasteiger partial charge in [-0.25, -0.2) is 8.42 Å². The van der Waals surface area contributed by atoms with E-state index in [0.717, 1.165) is 47.9 Å². The fourth-order valence-corrected chi connectivity index (χ4v) is 6.86. The van der Waals surface area contributed by atoms with E-state index >= 15 is 0 Å². The SMILES string of the molecule is Cc1ccc(C)c(N(CCCC(=O)N(Cc2ccccc2)[C@@H](Cc2ccccc2)C(=O)NC2CCCCC2)S(C)(=O)=O)c1. The topological polar surface area (TPSA) is 86.8 Å². The van der Waals surface area contributed by atoms with E-state index in [1.165, 1.54) is 17.0 Å². The lowest BCUT2D eigenvalue weighted by Crippen LogP contribution is -2.52. The number of nitrogens with one attached hydrogen (secondary N) is 1. The Kier molecular flexibility index (Phi) is 11.4. The Bertz CT molecular complexity index is 1450. The molecule has 0 saturated heterocycles. The first-order valence-electron chi connectivity index (χ1n) is 15.3. The van der Waals surface area contributed by atoms with Crippen LogP contribution in [0.4, 0.5) is 5.69 Å². The number of anilines is 1. The van der Waals surface area contributed by atoms with Crippen molar-refractivity contribution in [3.05, 3.63) is 101 Å². The first-order valence-corrected chi connectivity index (χ1v) is 17.2. The highest BCUT2D eigenvalue weighted by Crippen LogP contribution is 2.25. The number of benzene rings is 3. The zero-order valence-corrected chi connectivity index (χ0v) is 26.5. The lowest BCUT2D eigenvalue weighted by atomic mass is 9.94. The Morgan fingerprint density at radius 1 is 0.884 bits per heavy atom. The van der Waals surface area contributed by atoms with Gasteiger partial charge in [0.05, 0.1) is 11.9 Å². The molecular weight excluding hydrogens is 558 g/mol. The molecule has 0 aromatic heterocycles. The van der Waals surface area contributed by atoms with E-state index in [-0.39, 0.29) is 30.8 Å². The van der Waals surface area contributed by atoms with Crippen molar-refractivity contribution in [2.45, 2.75) is 83.8 Å². The van der Waals surface area contributed by atoms with Crippen LogP contribution in [0.25, 0.3) is 0 Å². The fraction of sp³-hybridized carbons (Fsp3) is 0.429. The Morgan fingerprint density at radius 3 is 2.14 bits per heavy atom. The summed E-state index contributed by atoms with van der Waals surface area (Å²) in [6.45, 7) is 4.28. The van der Waals surface area contributed by atoms with Crippen molar-refractivity contribution in [2.24, 2.45) is 0 Å². The summed E-state index contributed by atoms with van der Waals surface area (Å²) < 4.78 is 27.0. The van der Waals surface area contributed by atoms with Crippen LogP contribution in [0.2, 0.25) is 0 Å². The van der Waals surface area contributed by atoms with Crippen LogP contribution in [0, 0.1) is 13.8 Å². The number of sulfonamides is 1. The lowest BCUT2D eigenvalue weighted by Gasteiger charge is -2.34. The maximum atomic E-state index is 14.0. The van der Waals surface area contributed by atoms with Crippen molar-refractivity contribution in [3.63, 3.8) is 0 Å². The van der Waals surface area contributed by atoms with Crippen molar-refractivity contribution >= 4 is 27.5 Å². The Hall–Kier alpha value is -3.65. The van der Waals surface area contributed by atoms with Gasteiger partial charge in [0, 0.05) is 32.0 Å². The minimum Gasteiger partial charge on any atom is -0.352 e. The molecule has 1 fully saturated rings. The molecule has 0 spiro atoms. The molecule has 2 amide bonds. The van der Waals surface area contributed by atoms with Gasteiger partial charge in [0.15, 0.2) is 0 Å². The smallest absolute Gasteiger partial charge is 0.243 e. The third kappa shape index (κ3) is 9.42. The van der Waals surface area contributed by atoms with Crippen LogP contribution >= 0.6 is 0 Å². The average molecular weight is 604 g/mol. The normalized spacial score (nSPS) is 14.6. The zero-order chi connectivity index (χ0) is 30.8. The Labute approximate surface area is 257 Å². The molecule has 8 heteroatoms. The van der Waals surface area contributed by atoms with E-state index in [1.54, 1.807) is 4.90 Å². The minimum absolute atomic E-state index is 0.117. The lowest BCUT2D eigenvalue weighted by molar-refractivity contribution is -0.141. The van der Waals surface area contributed by atoms with Gasteiger partial charge in [-0.15, -0.1) is 0 Å². The van der Waals surface area contributed by atoms with E-state index in [9.17, 15) is 18.0 Å². The average Bonchev–Trinajstić information content (AvgIpc) is 2.99. The number of carbonyl (C=O) groups is 2. The predicted molar refractivity (Wildman–Crippen MR) is 173 cm³/mol. The molecule has 0 bridgehead atoms. The van der Waals surface area contributed by atoms with E-state index in [0.29, 0.717) is 25.1 Å². The van der Waals surface area contributed by atoms with Crippen molar-refractivity contribution in [1.82, 2.24) is 10.2 Å². The van der Waals surface area contributed by atoms with Crippen LogP contribution < -0.4 is 9.62 Å². The molecule has 3 aromatic rings. The number of rotatable bonds is 13. The monoisotopic (exact) mass is 603 g/mol. The van der Waals surface area contributed by atoms with Crippen LogP contribution in [-0.2, 0) is 32.6 Å². The highest BCUT2D eigenvalue weighted by Gasteiger charge is 2.32. The van der Waals surface area contributed by atoms with Gasteiger partial charge in [-0.3, -0.25) is 13.9 Å². The molecule has 43 heavy (non-hydrogen) atoms. The molecule has 0 heterocycles. The van der Waals surface area contributed by atoms with E-state index < -0.39 is 16.1 Å². The highest BCUT2D eigenvalue weighted by atomic mass is 32.2. The van der Waals surface area contributed by atoms with Gasteiger partial charge in [-0.1, -0.05) is 92.1 Å². The number of aryl methyl sites for hydroxylation is 2. The van der Waals surface area contributed by atoms with Crippen molar-refractivity contribution in [2.75, 3.05) is 17.1 Å². The molecule has 7 nitrogen and oxygen atoms in total. The second kappa shape index (κ2) is 15.2. The standard InChI is InChI=1S/C35H45N3O4S/c1-27-21-22-28(2)32(24-27)38(43(3,41)42)23-13-20-34(39)37(26-30-16-9-5-10-17-30)33(25-29-14-7-4-8-15-29)35(40)36-31-18-11-6-12-19-31/h4-5,7-10,14-17,21-22,24,31,33H,6,11-13,18-20,23,25-26H2,1-3H3,(H,36,40)/t33-/m0/s1. The largest absolute Gasteiger partial charge is 0.352 e. The fourth-order valence-electron chi connectivity index (χ4n) is 5.85. The quantitative estimate of drug-likeness (QED) is 0.262. The summed E-state index contributed by atoms with van der Waals surface area (Å²) >= 11 is 0. The summed E-state index contributed by atoms with van der Waals surface area (Å²) in [5.41, 5.74) is 4.37. The van der Waals surface area contributed by atoms with E-state index in [2.05, 4.69) is 5.32 Å². The van der Waals surface area contributed by atoms with E-state index in [1.807, 2.05) is 92.7 Å². The van der Waals surface area contributed by atoms with Gasteiger partial charge in [0.2, 0.25) is 21.8 Å². The number of amides is 2. The maximum Gasteiger partial charge on any atom is 0.243 e. The first-order chi connectivity index (χ1) is 20.6. The zero-order valence-electron chi connectivity index (χ0n) is 25.7. The molecular formula is C35H45N3O4S. The van der Waals surface area contributed by atoms with Crippen LogP contribution in [0.3, 0.4) is 0 Å². The third-order valence-corrected chi connectivity index (χ3v) is 9.38. The summed E-state index contributed by atoms with van der Waals surface area (Å²) in [5.74, 6) is -0.300. The van der Waals surface area contributed by atoms with Crippen molar-refractivity contribution in [3.8, 4) is 0 Å². The Morgan fingerprint density at radius 2 is 1.51 bits per heavy atom. The molecule has 1 N–H and O–H groups in total. The molecule has 230 valence electrons. The number of hydrogen-bond acceptors (Lipinski definition) is 4. The van der Waals surface area contributed by atoms with Crippen LogP contribution in [0.15, 0.2) is 78.9 Å². The molecule has 1 aliphatic rings. The molecule has 0 unspecified atom stereocenters. The number of carbonyl (C=O) groups excluding carboxylic acids is 2. The van der Waals surface area contributed by atoms with Gasteiger partial charge in [-0.05, 0) is 61.4 Å². The Balaban J connectivity index is 1.58. The summed E-state index contributed by atoms with van der Waals surface area (Å²) in [5, 5.41) is 3.27. The van der Waals surface area contributed by atoms with Gasteiger partial charge in [0.1, 0.15) is 6.04 Å². The van der Waals surface area contributed by atoms with Gasteiger partial charge in [0.25, 0.3) is 0 Å². The molecule has 0 radical (unpaired) electrons. The highest BCUT2D eigenvalue weighted by molar-refractivity contribution is 7.92. The summed E-state index contributed by atoms with van der Waals surface area (Å²) in [6.07, 6.45) is 7.33. The second-order valence-electron chi connectivity index (χ2n) is 11.8. The molecule has 1 atom stereocenters. The molecule has 1 aliphatic carbocycles. The molecule has 4 rings (SSSR count). The maximum absolute atomic E-state index is 14.0. The van der Waals surface area contributed by atoms with Crippen LogP contribution in [-0.4, -0.2) is 50.0 Å². The third-order valence-electron chi connectivity index (χ3n) is 8.20. The summed E-state index contributed by atoms with van der Waals surface area (Å²) in [4.78, 5) is 29.7. The summed E-state index contributed by atoms with van der Waals surface area (Å²) in [7, 11) is -3.57. The van der Waals surface area contributed by atoms with Crippen LogP contribution in [0.5, 0.6) is 0 Å². The first kappa shape index (κ1) is 32.3. The summed E-state index contributed by atoms with van der Waals surface area (Å²) in [6, 6.07) is 24.7. The van der Waals surface area contributed by atoms with Gasteiger partial charge >= 0.3 is 0 Å². The minimum atomic E-state index is -3.57. The number of hydrogen-bond donors (Lipinski definition) is 1. The number of nitrogens with zero attached hydrogens (tertiary/aromatic N) is 2. The van der Waals surface area contributed by atoms with Crippen molar-refractivity contribution < 1.29 is 18.0 Å². The molecule has 0 aliphatic heterocycles. The van der Waals surface area contributed by atoms with Gasteiger partial charge < -0.3 is 10.2 Å². The molecule has 3 aromatic carbocycles. The van der Waals surface area contributed by atoms with Crippen LogP contribution in [0.1, 0.15) is 67.2 Å². The molecule has 1 saturated carbocycles.